The topological polar surface area (TPSA) is 29.5 Å². The molecule has 1 fully saturated rings. The van der Waals surface area contributed by atoms with E-state index >= 15 is 0 Å². The van der Waals surface area contributed by atoms with Gasteiger partial charge in [-0.15, -0.1) is 0 Å². The lowest BCUT2D eigenvalue weighted by atomic mass is 10.2. The van der Waals surface area contributed by atoms with Crippen LogP contribution in [-0.4, -0.2) is 31.1 Å². The number of hydrogen-bond acceptors (Lipinski definition) is 2. The first-order valence-corrected chi connectivity index (χ1v) is 6.79. The maximum Gasteiger partial charge on any atom is 0.246 e. The molecule has 0 aliphatic heterocycles. The van der Waals surface area contributed by atoms with Gasteiger partial charge in [-0.3, -0.25) is 4.79 Å². The van der Waals surface area contributed by atoms with Crippen molar-refractivity contribution in [3.8, 4) is 0 Å². The zero-order valence-corrected chi connectivity index (χ0v) is 11.4. The van der Waals surface area contributed by atoms with E-state index in [-0.39, 0.29) is 5.91 Å². The summed E-state index contributed by atoms with van der Waals surface area (Å²) >= 11 is 0. The first kappa shape index (κ1) is 13.8. The van der Waals surface area contributed by atoms with Crippen LogP contribution < -0.4 is 0 Å². The molecular formula is C16H21NO2. The van der Waals surface area contributed by atoms with Crippen LogP contribution in [0, 0.1) is 5.92 Å². The SMILES string of the molecule is COCCN(Cc1ccccc1)C(=O)/C=C/C1CC1. The summed E-state index contributed by atoms with van der Waals surface area (Å²) in [5, 5.41) is 0. The molecule has 0 heterocycles. The second-order valence-electron chi connectivity index (χ2n) is 4.93. The van der Waals surface area contributed by atoms with E-state index in [2.05, 4.69) is 0 Å². The van der Waals surface area contributed by atoms with Gasteiger partial charge in [-0.1, -0.05) is 36.4 Å². The molecule has 3 heteroatoms. The second-order valence-corrected chi connectivity index (χ2v) is 4.93. The first-order valence-electron chi connectivity index (χ1n) is 6.79. The Balaban J connectivity index is 1.95. The molecule has 1 saturated carbocycles. The van der Waals surface area contributed by atoms with Crippen LogP contribution in [0.15, 0.2) is 42.5 Å². The van der Waals surface area contributed by atoms with Crippen molar-refractivity contribution >= 4 is 5.91 Å². The van der Waals surface area contributed by atoms with Gasteiger partial charge in [0, 0.05) is 20.2 Å². The third-order valence-electron chi connectivity index (χ3n) is 3.23. The fourth-order valence-electron chi connectivity index (χ4n) is 1.88. The van der Waals surface area contributed by atoms with Gasteiger partial charge in [0.05, 0.1) is 6.61 Å². The van der Waals surface area contributed by atoms with Gasteiger partial charge in [-0.25, -0.2) is 0 Å². The van der Waals surface area contributed by atoms with E-state index in [0.717, 1.165) is 5.56 Å². The number of carbonyl (C=O) groups is 1. The largest absolute Gasteiger partial charge is 0.383 e. The van der Waals surface area contributed by atoms with Gasteiger partial charge in [-0.2, -0.15) is 0 Å². The molecule has 0 radical (unpaired) electrons. The molecule has 0 aromatic heterocycles. The van der Waals surface area contributed by atoms with Crippen LogP contribution in [0.2, 0.25) is 0 Å². The molecule has 0 unspecified atom stereocenters. The van der Waals surface area contributed by atoms with Crippen molar-refractivity contribution in [3.63, 3.8) is 0 Å². The van der Waals surface area contributed by atoms with Crippen molar-refractivity contribution in [2.45, 2.75) is 19.4 Å². The predicted molar refractivity (Wildman–Crippen MR) is 75.6 cm³/mol. The van der Waals surface area contributed by atoms with Gasteiger partial charge in [0.15, 0.2) is 0 Å². The molecule has 0 atom stereocenters. The Hall–Kier alpha value is -1.61. The Bertz CT molecular complexity index is 424. The van der Waals surface area contributed by atoms with Crippen LogP contribution in [0.1, 0.15) is 18.4 Å². The van der Waals surface area contributed by atoms with E-state index in [1.807, 2.05) is 41.3 Å². The van der Waals surface area contributed by atoms with Gasteiger partial charge in [0.2, 0.25) is 5.91 Å². The van der Waals surface area contributed by atoms with Crippen molar-refractivity contribution in [1.29, 1.82) is 0 Å². The van der Waals surface area contributed by atoms with Gasteiger partial charge < -0.3 is 9.64 Å². The summed E-state index contributed by atoms with van der Waals surface area (Å²) in [6.07, 6.45) is 6.20. The summed E-state index contributed by atoms with van der Waals surface area (Å²) in [6.45, 7) is 1.83. The van der Waals surface area contributed by atoms with Crippen molar-refractivity contribution in [2.24, 2.45) is 5.92 Å². The van der Waals surface area contributed by atoms with Crippen molar-refractivity contribution < 1.29 is 9.53 Å². The average Bonchev–Trinajstić information content (AvgIpc) is 3.26. The predicted octanol–water partition coefficient (Wildman–Crippen LogP) is 2.63. The van der Waals surface area contributed by atoms with Gasteiger partial charge in [-0.05, 0) is 30.4 Å². The van der Waals surface area contributed by atoms with Crippen LogP contribution in [-0.2, 0) is 16.1 Å². The quantitative estimate of drug-likeness (QED) is 0.704. The third kappa shape index (κ3) is 4.87. The Labute approximate surface area is 114 Å². The molecule has 1 aliphatic carbocycles. The van der Waals surface area contributed by atoms with Crippen LogP contribution in [0.5, 0.6) is 0 Å². The Morgan fingerprint density at radius 1 is 1.37 bits per heavy atom. The van der Waals surface area contributed by atoms with Gasteiger partial charge >= 0.3 is 0 Å². The minimum atomic E-state index is 0.0767. The Morgan fingerprint density at radius 3 is 2.74 bits per heavy atom. The van der Waals surface area contributed by atoms with E-state index in [1.54, 1.807) is 13.2 Å². The molecule has 3 nitrogen and oxygen atoms in total. The van der Waals surface area contributed by atoms with Gasteiger partial charge in [0.1, 0.15) is 0 Å². The standard InChI is InChI=1S/C16H21NO2/c1-19-12-11-17(13-15-5-3-2-4-6-15)16(18)10-9-14-7-8-14/h2-6,9-10,14H,7-8,11-13H2,1H3/b10-9+. The minimum Gasteiger partial charge on any atom is -0.383 e. The normalized spacial score (nSPS) is 14.8. The molecular weight excluding hydrogens is 238 g/mol. The summed E-state index contributed by atoms with van der Waals surface area (Å²) < 4.78 is 5.08. The number of methoxy groups -OCH3 is 1. The van der Waals surface area contributed by atoms with Crippen molar-refractivity contribution in [1.82, 2.24) is 4.90 Å². The number of rotatable bonds is 7. The highest BCUT2D eigenvalue weighted by Crippen LogP contribution is 2.30. The molecule has 0 spiro atoms. The smallest absolute Gasteiger partial charge is 0.246 e. The summed E-state index contributed by atoms with van der Waals surface area (Å²) in [4.78, 5) is 14.0. The highest BCUT2D eigenvalue weighted by Gasteiger charge is 2.18. The highest BCUT2D eigenvalue weighted by atomic mass is 16.5. The number of allylic oxidation sites excluding steroid dienone is 1. The number of nitrogens with zero attached hydrogens (tertiary/aromatic N) is 1. The number of amides is 1. The Kier molecular flexibility index (Phi) is 5.16. The van der Waals surface area contributed by atoms with Crippen LogP contribution >= 0.6 is 0 Å². The Morgan fingerprint density at radius 2 is 2.11 bits per heavy atom. The lowest BCUT2D eigenvalue weighted by molar-refractivity contribution is -0.127. The highest BCUT2D eigenvalue weighted by molar-refractivity contribution is 5.87. The summed E-state index contributed by atoms with van der Waals surface area (Å²) in [5.41, 5.74) is 1.15. The van der Waals surface area contributed by atoms with E-state index in [0.29, 0.717) is 25.6 Å². The number of benzene rings is 1. The molecule has 1 amide bonds. The lowest BCUT2D eigenvalue weighted by Crippen LogP contribution is -2.32. The molecule has 1 aliphatic rings. The second kappa shape index (κ2) is 7.10. The zero-order chi connectivity index (χ0) is 13.5. The molecule has 1 aromatic rings. The fraction of sp³-hybridized carbons (Fsp3) is 0.438. The number of hydrogen-bond donors (Lipinski definition) is 0. The molecule has 0 saturated heterocycles. The maximum atomic E-state index is 12.2. The average molecular weight is 259 g/mol. The summed E-state index contributed by atoms with van der Waals surface area (Å²) in [6, 6.07) is 10.1. The third-order valence-corrected chi connectivity index (χ3v) is 3.23. The minimum absolute atomic E-state index is 0.0767. The molecule has 0 bridgehead atoms. The number of carbonyl (C=O) groups excluding carboxylic acids is 1. The van der Waals surface area contributed by atoms with E-state index in [4.69, 9.17) is 4.74 Å². The molecule has 2 rings (SSSR count). The van der Waals surface area contributed by atoms with Crippen LogP contribution in [0.25, 0.3) is 0 Å². The lowest BCUT2D eigenvalue weighted by Gasteiger charge is -2.21. The van der Waals surface area contributed by atoms with E-state index < -0.39 is 0 Å². The molecule has 0 N–H and O–H groups in total. The van der Waals surface area contributed by atoms with Crippen LogP contribution in [0.4, 0.5) is 0 Å². The van der Waals surface area contributed by atoms with E-state index in [9.17, 15) is 4.79 Å². The maximum absolute atomic E-state index is 12.2. The summed E-state index contributed by atoms with van der Waals surface area (Å²) in [7, 11) is 1.66. The van der Waals surface area contributed by atoms with Crippen LogP contribution in [0.3, 0.4) is 0 Å². The number of ether oxygens (including phenoxy) is 1. The van der Waals surface area contributed by atoms with Crippen molar-refractivity contribution in [3.05, 3.63) is 48.0 Å². The zero-order valence-electron chi connectivity index (χ0n) is 11.4. The van der Waals surface area contributed by atoms with Crippen molar-refractivity contribution in [2.75, 3.05) is 20.3 Å². The molecule has 102 valence electrons. The fourth-order valence-corrected chi connectivity index (χ4v) is 1.88. The first-order chi connectivity index (χ1) is 9.29. The van der Waals surface area contributed by atoms with Gasteiger partial charge in [0.25, 0.3) is 0 Å². The van der Waals surface area contributed by atoms with E-state index in [1.165, 1.54) is 12.8 Å². The monoisotopic (exact) mass is 259 g/mol. The molecule has 1 aromatic carbocycles. The summed E-state index contributed by atoms with van der Waals surface area (Å²) in [5.74, 6) is 0.706. The molecule has 19 heavy (non-hydrogen) atoms.